The first kappa shape index (κ1) is 29.0. The van der Waals surface area contributed by atoms with Gasteiger partial charge < -0.3 is 28.4 Å². The number of thioether (sulfide) groups is 1. The van der Waals surface area contributed by atoms with Crippen LogP contribution < -0.4 is 5.32 Å². The van der Waals surface area contributed by atoms with Crippen LogP contribution in [-0.2, 0) is 47.1 Å². The van der Waals surface area contributed by atoms with Crippen LogP contribution in [0.25, 0.3) is 0 Å². The van der Waals surface area contributed by atoms with E-state index in [1.807, 2.05) is 0 Å². The summed E-state index contributed by atoms with van der Waals surface area (Å²) in [5.74, 6) is -2.72. The molecule has 1 amide bonds. The molecule has 0 spiro atoms. The first-order chi connectivity index (χ1) is 15.2. The summed E-state index contributed by atoms with van der Waals surface area (Å²) in [6.07, 6.45) is 0.686. The van der Waals surface area contributed by atoms with Crippen molar-refractivity contribution in [2.75, 3.05) is 24.5 Å². The molecular formula is C20H33NO10S2. The summed E-state index contributed by atoms with van der Waals surface area (Å²) in [5.41, 5.74) is -0.807. The molecular weight excluding hydrogens is 478 g/mol. The van der Waals surface area contributed by atoms with Crippen molar-refractivity contribution in [3.63, 3.8) is 0 Å². The van der Waals surface area contributed by atoms with Crippen molar-refractivity contribution in [3.8, 4) is 0 Å². The highest BCUT2D eigenvalue weighted by atomic mass is 32.3. The molecule has 33 heavy (non-hydrogen) atoms. The standard InChI is InChI=1S/C20H33NO10S2/c1-10(22)21-15(9-33(7,8)31-14(5)26)16-17(27-11(2)23)18(28-12(3)24)19(29-13(4)25)20(30-16)32-6/h15-20H,9H2,1-8H3,(H,21,22)/t15-,16+,17-,18-,19+,20+/m0/s1. The van der Waals surface area contributed by atoms with Gasteiger partial charge in [0.15, 0.2) is 18.3 Å². The molecule has 0 radical (unpaired) electrons. The highest BCUT2D eigenvalue weighted by Gasteiger charge is 2.54. The van der Waals surface area contributed by atoms with E-state index in [0.717, 1.165) is 0 Å². The molecule has 11 nitrogen and oxygen atoms in total. The Morgan fingerprint density at radius 2 is 1.33 bits per heavy atom. The largest absolute Gasteiger partial charge is 0.456 e. The SMILES string of the molecule is CS[C@H]1O[C@H]([C@H](CS(C)(C)OC(C)=O)NC(C)=O)[C@H](OC(C)=O)[C@H](OC(C)=O)[C@H]1OC(C)=O. The second-order valence-electron chi connectivity index (χ2n) is 7.91. The molecule has 1 rings (SSSR count). The van der Waals surface area contributed by atoms with E-state index in [9.17, 15) is 24.0 Å². The van der Waals surface area contributed by atoms with E-state index in [4.69, 9.17) is 23.1 Å². The molecule has 1 aliphatic heterocycles. The van der Waals surface area contributed by atoms with Crippen LogP contribution in [0.3, 0.4) is 0 Å². The number of esters is 3. The van der Waals surface area contributed by atoms with Crippen molar-refractivity contribution in [1.82, 2.24) is 5.32 Å². The average molecular weight is 512 g/mol. The fourth-order valence-corrected chi connectivity index (χ4v) is 6.14. The third-order valence-electron chi connectivity index (χ3n) is 4.38. The lowest BCUT2D eigenvalue weighted by molar-refractivity contribution is -0.234. The Bertz CT molecular complexity index is 759. The highest BCUT2D eigenvalue weighted by Crippen LogP contribution is 2.44. The number of hydrogen-bond donors (Lipinski definition) is 1. The molecule has 1 aliphatic rings. The van der Waals surface area contributed by atoms with Gasteiger partial charge in [-0.05, 0) is 18.8 Å². The predicted molar refractivity (Wildman–Crippen MR) is 123 cm³/mol. The number of rotatable bonds is 9. The molecule has 6 atom stereocenters. The van der Waals surface area contributed by atoms with Crippen LogP contribution in [0.2, 0.25) is 0 Å². The fraction of sp³-hybridized carbons (Fsp3) is 0.750. The zero-order chi connectivity index (χ0) is 25.5. The van der Waals surface area contributed by atoms with Crippen molar-refractivity contribution in [2.45, 2.75) is 70.5 Å². The highest BCUT2D eigenvalue weighted by molar-refractivity contribution is 8.29. The molecule has 1 fully saturated rings. The third kappa shape index (κ3) is 9.41. The molecule has 0 saturated carbocycles. The third-order valence-corrected chi connectivity index (χ3v) is 7.07. The predicted octanol–water partition coefficient (Wildman–Crippen LogP) is 0.916. The van der Waals surface area contributed by atoms with Gasteiger partial charge in [-0.25, -0.2) is 0 Å². The number of hydrogen-bond acceptors (Lipinski definition) is 11. The topological polar surface area (TPSA) is 144 Å². The maximum Gasteiger partial charge on any atom is 0.313 e. The van der Waals surface area contributed by atoms with E-state index in [1.165, 1.54) is 46.4 Å². The Balaban J connectivity index is 3.52. The smallest absolute Gasteiger partial charge is 0.313 e. The molecule has 0 aliphatic carbocycles. The Morgan fingerprint density at radius 1 is 0.848 bits per heavy atom. The average Bonchev–Trinajstić information content (AvgIpc) is 2.61. The molecule has 0 aromatic carbocycles. The van der Waals surface area contributed by atoms with Crippen molar-refractivity contribution in [3.05, 3.63) is 0 Å². The Labute approximate surface area is 199 Å². The number of carbonyl (C=O) groups excluding carboxylic acids is 5. The summed E-state index contributed by atoms with van der Waals surface area (Å²) < 4.78 is 27.9. The van der Waals surface area contributed by atoms with E-state index in [-0.39, 0.29) is 5.75 Å². The van der Waals surface area contributed by atoms with Gasteiger partial charge in [0, 0.05) is 40.4 Å². The van der Waals surface area contributed by atoms with Gasteiger partial charge in [-0.2, -0.15) is 0 Å². The lowest BCUT2D eigenvalue weighted by Gasteiger charge is -2.47. The summed E-state index contributed by atoms with van der Waals surface area (Å²) in [4.78, 5) is 59.2. The molecule has 0 aromatic heterocycles. The van der Waals surface area contributed by atoms with Crippen molar-refractivity contribution >= 4 is 51.9 Å². The first-order valence-electron chi connectivity index (χ1n) is 10.0. The van der Waals surface area contributed by atoms with E-state index in [1.54, 1.807) is 18.8 Å². The van der Waals surface area contributed by atoms with Gasteiger partial charge >= 0.3 is 23.9 Å². The Kier molecular flexibility index (Phi) is 11.0. The van der Waals surface area contributed by atoms with Crippen molar-refractivity contribution in [1.29, 1.82) is 0 Å². The zero-order valence-electron chi connectivity index (χ0n) is 20.1. The first-order valence-corrected chi connectivity index (χ1v) is 13.9. The summed E-state index contributed by atoms with van der Waals surface area (Å²) >= 11 is 1.19. The minimum Gasteiger partial charge on any atom is -0.456 e. The number of nitrogens with one attached hydrogen (secondary N) is 1. The minimum atomic E-state index is -2.01. The maximum atomic E-state index is 12.0. The monoisotopic (exact) mass is 511 g/mol. The summed E-state index contributed by atoms with van der Waals surface area (Å²) in [7, 11) is -2.01. The van der Waals surface area contributed by atoms with Crippen LogP contribution in [0.1, 0.15) is 34.6 Å². The van der Waals surface area contributed by atoms with Crippen LogP contribution in [0.4, 0.5) is 0 Å². The molecule has 1 saturated heterocycles. The molecule has 190 valence electrons. The van der Waals surface area contributed by atoms with Crippen LogP contribution in [0.5, 0.6) is 0 Å². The lowest BCUT2D eigenvalue weighted by atomic mass is 9.94. The summed E-state index contributed by atoms with van der Waals surface area (Å²) in [6, 6.07) is -0.790. The quantitative estimate of drug-likeness (QED) is 0.348. The van der Waals surface area contributed by atoms with Gasteiger partial charge in [-0.1, -0.05) is 10.3 Å². The molecule has 0 bridgehead atoms. The van der Waals surface area contributed by atoms with Gasteiger partial charge in [0.2, 0.25) is 5.91 Å². The van der Waals surface area contributed by atoms with Gasteiger partial charge in [-0.3, -0.25) is 24.0 Å². The minimum absolute atomic E-state index is 0.167. The van der Waals surface area contributed by atoms with Gasteiger partial charge in [0.25, 0.3) is 0 Å². The van der Waals surface area contributed by atoms with Crippen LogP contribution in [0.15, 0.2) is 0 Å². The second-order valence-corrected chi connectivity index (χ2v) is 12.2. The van der Waals surface area contributed by atoms with E-state index < -0.39 is 76.0 Å². The summed E-state index contributed by atoms with van der Waals surface area (Å²) in [6.45, 7) is 6.13. The van der Waals surface area contributed by atoms with E-state index in [0.29, 0.717) is 0 Å². The number of ether oxygens (including phenoxy) is 4. The normalized spacial score (nSPS) is 26.4. The fourth-order valence-electron chi connectivity index (χ4n) is 3.58. The van der Waals surface area contributed by atoms with Gasteiger partial charge in [0.1, 0.15) is 11.5 Å². The second kappa shape index (κ2) is 12.5. The van der Waals surface area contributed by atoms with Crippen molar-refractivity contribution < 1.29 is 47.1 Å². The Hall–Kier alpha value is -1.99. The molecule has 1 heterocycles. The molecule has 1 N–H and O–H groups in total. The van der Waals surface area contributed by atoms with E-state index >= 15 is 0 Å². The van der Waals surface area contributed by atoms with Crippen LogP contribution >= 0.6 is 22.1 Å². The number of carbonyl (C=O) groups is 5. The summed E-state index contributed by atoms with van der Waals surface area (Å²) in [5, 5.41) is 2.77. The van der Waals surface area contributed by atoms with Gasteiger partial charge in [0.05, 0.1) is 6.04 Å². The molecule has 13 heteroatoms. The Morgan fingerprint density at radius 3 is 1.76 bits per heavy atom. The van der Waals surface area contributed by atoms with Crippen molar-refractivity contribution in [2.24, 2.45) is 0 Å². The zero-order valence-corrected chi connectivity index (χ0v) is 21.7. The lowest BCUT2D eigenvalue weighted by Crippen LogP contribution is -2.66. The molecule has 0 aromatic rings. The van der Waals surface area contributed by atoms with Gasteiger partial charge in [-0.15, -0.1) is 11.8 Å². The van der Waals surface area contributed by atoms with Crippen LogP contribution in [0, 0.1) is 0 Å². The van der Waals surface area contributed by atoms with E-state index in [2.05, 4.69) is 5.32 Å². The number of amides is 1. The molecule has 0 unspecified atom stereocenters. The maximum absolute atomic E-state index is 12.0. The van der Waals surface area contributed by atoms with Crippen LogP contribution in [-0.4, -0.2) is 90.2 Å².